The van der Waals surface area contributed by atoms with Crippen molar-refractivity contribution in [2.75, 3.05) is 43.9 Å². The number of benzene rings is 3. The van der Waals surface area contributed by atoms with E-state index in [1.54, 1.807) is 44.3 Å². The lowest BCUT2D eigenvalue weighted by Crippen LogP contribution is -2.52. The van der Waals surface area contributed by atoms with E-state index in [2.05, 4.69) is 20.9 Å². The van der Waals surface area contributed by atoms with Gasteiger partial charge in [0, 0.05) is 55.6 Å². The largest absolute Gasteiger partial charge is 0.478 e. The number of fused-ring (bicyclic) bond motifs is 3. The zero-order valence-electron chi connectivity index (χ0n) is 24.2. The van der Waals surface area contributed by atoms with Crippen molar-refractivity contribution < 1.29 is 24.3 Å². The van der Waals surface area contributed by atoms with Crippen molar-refractivity contribution in [1.82, 2.24) is 15.3 Å². The fourth-order valence-electron chi connectivity index (χ4n) is 6.29. The quantitative estimate of drug-likeness (QED) is 0.220. The first kappa shape index (κ1) is 28.6. The van der Waals surface area contributed by atoms with Crippen LogP contribution in [0.2, 0.25) is 0 Å². The molecule has 0 spiro atoms. The Bertz CT molecular complexity index is 1570. The lowest BCUT2D eigenvalue weighted by Gasteiger charge is -2.35. The molecule has 2 saturated heterocycles. The van der Waals surface area contributed by atoms with Crippen molar-refractivity contribution in [3.8, 4) is 0 Å². The summed E-state index contributed by atoms with van der Waals surface area (Å²) in [5.41, 5.74) is 4.69. The Morgan fingerprint density at radius 3 is 2.40 bits per heavy atom. The molecule has 0 radical (unpaired) electrons. The Morgan fingerprint density at radius 1 is 1.02 bits per heavy atom. The maximum absolute atomic E-state index is 13.2. The topological polar surface area (TPSA) is 123 Å². The molecule has 6 rings (SSSR count). The standard InChI is InChI=1S/C33H35N5O5/c1-20-16-27-28(17-26(20)33(41)42)36-31(39)29(27)30(21-6-4-3-5-7-21)35-23-10-8-22(9-11-23)32(40)37(2)43-15-14-38-24-12-13-25(38)19-34-18-24/h3-11,16-17,24-25,34-35H,12-15,18-19H2,1-2H3,(H,36,39)(H,41,42). The van der Waals surface area contributed by atoms with Crippen LogP contribution in [0.1, 0.15) is 50.2 Å². The molecule has 3 heterocycles. The van der Waals surface area contributed by atoms with Gasteiger partial charge in [-0.2, -0.15) is 0 Å². The number of carbonyl (C=O) groups is 3. The Morgan fingerprint density at radius 2 is 1.72 bits per heavy atom. The van der Waals surface area contributed by atoms with E-state index in [1.165, 1.54) is 24.0 Å². The highest BCUT2D eigenvalue weighted by Crippen LogP contribution is 2.39. The van der Waals surface area contributed by atoms with Crippen LogP contribution in [0.3, 0.4) is 0 Å². The molecule has 2 unspecified atom stereocenters. The predicted molar refractivity (Wildman–Crippen MR) is 165 cm³/mol. The monoisotopic (exact) mass is 581 g/mol. The lowest BCUT2D eigenvalue weighted by atomic mass is 9.96. The molecule has 43 heavy (non-hydrogen) atoms. The minimum Gasteiger partial charge on any atom is -0.478 e. The van der Waals surface area contributed by atoms with Crippen LogP contribution in [-0.4, -0.2) is 78.2 Å². The molecule has 3 aromatic carbocycles. The van der Waals surface area contributed by atoms with Gasteiger partial charge in [-0.1, -0.05) is 30.3 Å². The van der Waals surface area contributed by atoms with Crippen LogP contribution in [0, 0.1) is 6.92 Å². The number of carboxylic acids is 1. The van der Waals surface area contributed by atoms with E-state index in [1.807, 2.05) is 30.3 Å². The van der Waals surface area contributed by atoms with Gasteiger partial charge in [-0.15, -0.1) is 0 Å². The molecule has 2 fully saturated rings. The highest BCUT2D eigenvalue weighted by atomic mass is 16.7. The SMILES string of the molecule is Cc1cc2c(cc1C(=O)O)NC(=O)C2=C(Nc1ccc(C(=O)N(C)OCCN2C3CCC2CNC3)cc1)c1ccccc1. The summed E-state index contributed by atoms with van der Waals surface area (Å²) in [4.78, 5) is 46.3. The number of nitrogens with zero attached hydrogens (tertiary/aromatic N) is 2. The number of anilines is 2. The highest BCUT2D eigenvalue weighted by Gasteiger charge is 2.36. The summed E-state index contributed by atoms with van der Waals surface area (Å²) < 4.78 is 0. The first-order valence-corrected chi connectivity index (χ1v) is 14.5. The number of piperazine rings is 1. The maximum Gasteiger partial charge on any atom is 0.336 e. The van der Waals surface area contributed by atoms with Crippen LogP contribution in [0.4, 0.5) is 11.4 Å². The van der Waals surface area contributed by atoms with E-state index in [0.717, 1.165) is 25.2 Å². The van der Waals surface area contributed by atoms with Crippen LogP contribution in [0.25, 0.3) is 11.3 Å². The third-order valence-corrected chi connectivity index (χ3v) is 8.50. The first-order chi connectivity index (χ1) is 20.8. The average molecular weight is 582 g/mol. The Balaban J connectivity index is 1.19. The van der Waals surface area contributed by atoms with Crippen LogP contribution in [0.5, 0.6) is 0 Å². The summed E-state index contributed by atoms with van der Waals surface area (Å²) in [5.74, 6) is -1.63. The Hall–Kier alpha value is -4.51. The van der Waals surface area contributed by atoms with Gasteiger partial charge < -0.3 is 21.1 Å². The zero-order valence-corrected chi connectivity index (χ0v) is 24.2. The fourth-order valence-corrected chi connectivity index (χ4v) is 6.29. The predicted octanol–water partition coefficient (Wildman–Crippen LogP) is 4.07. The minimum atomic E-state index is -1.05. The number of aromatic carboxylic acids is 1. The van der Waals surface area contributed by atoms with Gasteiger partial charge in [-0.05, 0) is 67.3 Å². The van der Waals surface area contributed by atoms with Crippen molar-refractivity contribution in [3.05, 3.63) is 94.5 Å². The second-order valence-corrected chi connectivity index (χ2v) is 11.2. The summed E-state index contributed by atoms with van der Waals surface area (Å²) >= 11 is 0. The number of hydrogen-bond acceptors (Lipinski definition) is 7. The Kier molecular flexibility index (Phi) is 7.98. The summed E-state index contributed by atoms with van der Waals surface area (Å²) in [6.07, 6.45) is 2.41. The molecule has 3 aromatic rings. The molecule has 0 saturated carbocycles. The minimum absolute atomic E-state index is 0.139. The van der Waals surface area contributed by atoms with Crippen molar-refractivity contribution in [2.45, 2.75) is 31.8 Å². The van der Waals surface area contributed by atoms with Gasteiger partial charge in [0.25, 0.3) is 11.8 Å². The number of hydroxylamine groups is 2. The van der Waals surface area contributed by atoms with Crippen LogP contribution < -0.4 is 16.0 Å². The fraction of sp³-hybridized carbons (Fsp3) is 0.303. The molecule has 10 nitrogen and oxygen atoms in total. The summed E-state index contributed by atoms with van der Waals surface area (Å²) in [7, 11) is 1.63. The molecule has 10 heteroatoms. The highest BCUT2D eigenvalue weighted by molar-refractivity contribution is 6.37. The molecule has 2 bridgehead atoms. The van der Waals surface area contributed by atoms with E-state index in [9.17, 15) is 19.5 Å². The first-order valence-electron chi connectivity index (χ1n) is 14.5. The van der Waals surface area contributed by atoms with Gasteiger partial charge in [-0.25, -0.2) is 9.86 Å². The van der Waals surface area contributed by atoms with E-state index in [4.69, 9.17) is 4.84 Å². The molecule has 0 aliphatic carbocycles. The van der Waals surface area contributed by atoms with E-state index >= 15 is 0 Å². The van der Waals surface area contributed by atoms with Crippen molar-refractivity contribution in [3.63, 3.8) is 0 Å². The number of rotatable bonds is 9. The van der Waals surface area contributed by atoms with Gasteiger partial charge in [0.15, 0.2) is 0 Å². The molecule has 3 aliphatic rings. The Labute approximate surface area is 250 Å². The second kappa shape index (κ2) is 12.0. The molecular formula is C33H35N5O5. The molecule has 2 amide bonds. The van der Waals surface area contributed by atoms with Crippen LogP contribution >= 0.6 is 0 Å². The van der Waals surface area contributed by atoms with Gasteiger partial charge >= 0.3 is 5.97 Å². The van der Waals surface area contributed by atoms with Gasteiger partial charge in [0.05, 0.1) is 29.1 Å². The molecule has 222 valence electrons. The van der Waals surface area contributed by atoms with Gasteiger partial charge in [0.2, 0.25) is 0 Å². The number of hydrogen-bond donors (Lipinski definition) is 4. The molecule has 4 N–H and O–H groups in total. The van der Waals surface area contributed by atoms with Crippen molar-refractivity contribution >= 4 is 40.4 Å². The smallest absolute Gasteiger partial charge is 0.336 e. The summed E-state index contributed by atoms with van der Waals surface area (Å²) in [5, 5.41) is 20.5. The zero-order chi connectivity index (χ0) is 30.1. The number of aryl methyl sites for hydroxylation is 1. The van der Waals surface area contributed by atoms with Crippen molar-refractivity contribution in [1.29, 1.82) is 0 Å². The van der Waals surface area contributed by atoms with Crippen LogP contribution in [0.15, 0.2) is 66.7 Å². The maximum atomic E-state index is 13.2. The molecule has 0 aromatic heterocycles. The third kappa shape index (κ3) is 5.77. The second-order valence-electron chi connectivity index (χ2n) is 11.2. The molecule has 2 atom stereocenters. The molecular weight excluding hydrogens is 546 g/mol. The van der Waals surface area contributed by atoms with E-state index < -0.39 is 5.97 Å². The third-order valence-electron chi connectivity index (χ3n) is 8.50. The molecule has 3 aliphatic heterocycles. The number of amides is 2. The summed E-state index contributed by atoms with van der Waals surface area (Å²) in [6, 6.07) is 20.8. The van der Waals surface area contributed by atoms with Crippen LogP contribution in [-0.2, 0) is 9.63 Å². The van der Waals surface area contributed by atoms with Gasteiger partial charge in [0.1, 0.15) is 0 Å². The number of carboxylic acid groups (broad SMARTS) is 1. The number of carbonyl (C=O) groups excluding carboxylic acids is 2. The van der Waals surface area contributed by atoms with Gasteiger partial charge in [-0.3, -0.25) is 19.3 Å². The normalized spacial score (nSPS) is 20.4. The van der Waals surface area contributed by atoms with E-state index in [-0.39, 0.29) is 17.4 Å². The van der Waals surface area contributed by atoms with Crippen molar-refractivity contribution in [2.24, 2.45) is 0 Å². The summed E-state index contributed by atoms with van der Waals surface area (Å²) in [6.45, 7) is 4.97. The van der Waals surface area contributed by atoms with E-state index in [0.29, 0.717) is 58.0 Å². The average Bonchev–Trinajstić information content (AvgIpc) is 3.43. The lowest BCUT2D eigenvalue weighted by molar-refractivity contribution is -0.113. The number of nitrogens with one attached hydrogen (secondary N) is 3.